The van der Waals surface area contributed by atoms with Crippen molar-refractivity contribution in [2.24, 2.45) is 5.92 Å². The lowest BCUT2D eigenvalue weighted by Gasteiger charge is -2.21. The first kappa shape index (κ1) is 13.7. The average molecular weight is 262 g/mol. The molecule has 2 bridgehead atoms. The summed E-state index contributed by atoms with van der Waals surface area (Å²) in [6, 6.07) is 0. The lowest BCUT2D eigenvalue weighted by Crippen LogP contribution is -2.25. The summed E-state index contributed by atoms with van der Waals surface area (Å²) in [7, 11) is 0. The van der Waals surface area contributed by atoms with Crippen molar-refractivity contribution >= 4 is 24.8 Å². The second-order valence-electron chi connectivity index (χ2n) is 4.40. The van der Waals surface area contributed by atoms with Crippen LogP contribution in [-0.2, 0) is 0 Å². The van der Waals surface area contributed by atoms with Crippen LogP contribution in [0.25, 0.3) is 0 Å². The van der Waals surface area contributed by atoms with Crippen molar-refractivity contribution in [3.8, 4) is 0 Å². The van der Waals surface area contributed by atoms with Crippen LogP contribution in [0.4, 0.5) is 0 Å². The molecular formula is C11H17Cl2N3. The second-order valence-corrected chi connectivity index (χ2v) is 4.40. The summed E-state index contributed by atoms with van der Waals surface area (Å²) in [6.07, 6.45) is 8.24. The van der Waals surface area contributed by atoms with Gasteiger partial charge in [0, 0.05) is 37.6 Å². The molecule has 3 unspecified atom stereocenters. The number of rotatable bonds is 1. The van der Waals surface area contributed by atoms with Crippen LogP contribution in [0.2, 0.25) is 0 Å². The van der Waals surface area contributed by atoms with Gasteiger partial charge >= 0.3 is 0 Å². The van der Waals surface area contributed by atoms with E-state index in [-0.39, 0.29) is 24.8 Å². The van der Waals surface area contributed by atoms with Crippen LogP contribution >= 0.6 is 24.8 Å². The van der Waals surface area contributed by atoms with Crippen molar-refractivity contribution in [2.45, 2.75) is 18.8 Å². The zero-order valence-corrected chi connectivity index (χ0v) is 10.7. The van der Waals surface area contributed by atoms with Crippen LogP contribution in [0.5, 0.6) is 0 Å². The van der Waals surface area contributed by atoms with Crippen LogP contribution in [0.3, 0.4) is 0 Å². The molecule has 0 N–H and O–H groups in total. The summed E-state index contributed by atoms with van der Waals surface area (Å²) in [5.74, 6) is 1.48. The molecular weight excluding hydrogens is 245 g/mol. The molecule has 3 atom stereocenters. The Labute approximate surface area is 108 Å². The van der Waals surface area contributed by atoms with Gasteiger partial charge in [-0.3, -0.25) is 9.97 Å². The summed E-state index contributed by atoms with van der Waals surface area (Å²) < 4.78 is 0. The Kier molecular flexibility index (Phi) is 4.96. The molecule has 2 aliphatic rings. The predicted molar refractivity (Wildman–Crippen MR) is 68.4 cm³/mol. The Balaban J connectivity index is 0.000000640. The van der Waals surface area contributed by atoms with Crippen molar-refractivity contribution < 1.29 is 0 Å². The summed E-state index contributed by atoms with van der Waals surface area (Å²) >= 11 is 0. The Morgan fingerprint density at radius 1 is 1.19 bits per heavy atom. The zero-order valence-electron chi connectivity index (χ0n) is 9.08. The highest BCUT2D eigenvalue weighted by Gasteiger charge is 2.36. The number of fused-ring (bicyclic) bond motifs is 2. The minimum absolute atomic E-state index is 0. The van der Waals surface area contributed by atoms with E-state index in [9.17, 15) is 0 Å². The highest BCUT2D eigenvalue weighted by molar-refractivity contribution is 5.85. The van der Waals surface area contributed by atoms with E-state index < -0.39 is 0 Å². The maximum absolute atomic E-state index is 4.43. The van der Waals surface area contributed by atoms with Gasteiger partial charge in [-0.05, 0) is 25.3 Å². The minimum atomic E-state index is 0. The number of aromatic nitrogens is 2. The Morgan fingerprint density at radius 3 is 2.75 bits per heavy atom. The van der Waals surface area contributed by atoms with Crippen LogP contribution < -0.4 is 0 Å². The van der Waals surface area contributed by atoms with Crippen LogP contribution in [0.15, 0.2) is 18.6 Å². The molecule has 2 aliphatic heterocycles. The van der Waals surface area contributed by atoms with Crippen molar-refractivity contribution in [3.05, 3.63) is 24.3 Å². The highest BCUT2D eigenvalue weighted by Crippen LogP contribution is 2.37. The van der Waals surface area contributed by atoms with Crippen molar-refractivity contribution in [2.75, 3.05) is 19.6 Å². The molecule has 0 amide bonds. The van der Waals surface area contributed by atoms with Gasteiger partial charge in [-0.2, -0.15) is 0 Å². The molecule has 0 saturated carbocycles. The first-order valence-electron chi connectivity index (χ1n) is 5.42. The average Bonchev–Trinajstić information content (AvgIpc) is 2.55. The van der Waals surface area contributed by atoms with E-state index in [0.29, 0.717) is 5.92 Å². The number of hydrogen-bond acceptors (Lipinski definition) is 3. The topological polar surface area (TPSA) is 29.0 Å². The van der Waals surface area contributed by atoms with Gasteiger partial charge in [-0.15, -0.1) is 24.8 Å². The standard InChI is InChI=1S/C11H15N3.2ClH/c1-2-9-7-14(5-1)8-10(9)11-6-12-3-4-13-11;;/h3-4,6,9-10H,1-2,5,7-8H2;2*1H. The van der Waals surface area contributed by atoms with E-state index in [1.54, 1.807) is 6.20 Å². The third-order valence-electron chi connectivity index (χ3n) is 3.53. The molecule has 3 nitrogen and oxygen atoms in total. The first-order chi connectivity index (χ1) is 6.93. The zero-order chi connectivity index (χ0) is 9.38. The van der Waals surface area contributed by atoms with Crippen molar-refractivity contribution in [1.82, 2.24) is 14.9 Å². The molecule has 2 saturated heterocycles. The van der Waals surface area contributed by atoms with Gasteiger partial charge in [0.05, 0.1) is 5.69 Å². The SMILES string of the molecule is Cl.Cl.c1cnc(C2CN3CCCC2C3)cn1. The molecule has 3 heterocycles. The molecule has 1 aromatic heterocycles. The quantitative estimate of drug-likeness (QED) is 0.776. The fraction of sp³-hybridized carbons (Fsp3) is 0.636. The molecule has 16 heavy (non-hydrogen) atoms. The maximum atomic E-state index is 4.43. The largest absolute Gasteiger partial charge is 0.302 e. The number of hydrogen-bond donors (Lipinski definition) is 0. The van der Waals surface area contributed by atoms with Gasteiger partial charge in [0.2, 0.25) is 0 Å². The predicted octanol–water partition coefficient (Wildman–Crippen LogP) is 2.13. The molecule has 0 aliphatic carbocycles. The number of piperidine rings is 1. The fourth-order valence-corrected chi connectivity index (χ4v) is 2.85. The van der Waals surface area contributed by atoms with E-state index in [1.807, 2.05) is 12.4 Å². The van der Waals surface area contributed by atoms with Gasteiger partial charge in [0.25, 0.3) is 0 Å². The van der Waals surface area contributed by atoms with Gasteiger partial charge < -0.3 is 4.90 Å². The first-order valence-corrected chi connectivity index (χ1v) is 5.42. The van der Waals surface area contributed by atoms with E-state index >= 15 is 0 Å². The molecule has 3 rings (SSSR count). The minimum Gasteiger partial charge on any atom is -0.302 e. The molecule has 2 fully saturated rings. The monoisotopic (exact) mass is 261 g/mol. The van der Waals surface area contributed by atoms with Gasteiger partial charge in [-0.1, -0.05) is 0 Å². The number of nitrogens with zero attached hydrogens (tertiary/aromatic N) is 3. The lowest BCUT2D eigenvalue weighted by molar-refractivity contribution is 0.269. The molecule has 0 spiro atoms. The summed E-state index contributed by atoms with van der Waals surface area (Å²) in [5, 5.41) is 0. The van der Waals surface area contributed by atoms with Crippen LogP contribution in [0, 0.1) is 5.92 Å². The molecule has 0 aromatic carbocycles. The Hall–Kier alpha value is -0.380. The van der Waals surface area contributed by atoms with E-state index in [1.165, 1.54) is 38.2 Å². The Morgan fingerprint density at radius 2 is 2.06 bits per heavy atom. The van der Waals surface area contributed by atoms with Crippen molar-refractivity contribution in [1.29, 1.82) is 0 Å². The second kappa shape index (κ2) is 5.80. The van der Waals surface area contributed by atoms with Crippen molar-refractivity contribution in [3.63, 3.8) is 0 Å². The summed E-state index contributed by atoms with van der Waals surface area (Å²) in [4.78, 5) is 11.2. The van der Waals surface area contributed by atoms with Gasteiger partial charge in [0.15, 0.2) is 0 Å². The van der Waals surface area contributed by atoms with E-state index in [2.05, 4.69) is 14.9 Å². The Bertz CT molecular complexity index is 320. The molecule has 90 valence electrons. The lowest BCUT2D eigenvalue weighted by atomic mass is 9.89. The third kappa shape index (κ3) is 2.47. The van der Waals surface area contributed by atoms with Gasteiger partial charge in [-0.25, -0.2) is 0 Å². The molecule has 1 aromatic rings. The molecule has 5 heteroatoms. The third-order valence-corrected chi connectivity index (χ3v) is 3.53. The van der Waals surface area contributed by atoms with Crippen LogP contribution in [0.1, 0.15) is 24.5 Å². The summed E-state index contributed by atoms with van der Waals surface area (Å²) in [5.41, 5.74) is 1.20. The van der Waals surface area contributed by atoms with Crippen LogP contribution in [-0.4, -0.2) is 34.5 Å². The fourth-order valence-electron chi connectivity index (χ4n) is 2.85. The smallest absolute Gasteiger partial charge is 0.0633 e. The van der Waals surface area contributed by atoms with E-state index in [4.69, 9.17) is 0 Å². The number of halogens is 2. The summed E-state index contributed by atoms with van der Waals surface area (Å²) in [6.45, 7) is 3.76. The van der Waals surface area contributed by atoms with E-state index in [0.717, 1.165) is 5.92 Å². The normalized spacial score (nSPS) is 31.4. The molecule has 0 radical (unpaired) electrons. The maximum Gasteiger partial charge on any atom is 0.0633 e. The highest BCUT2D eigenvalue weighted by atomic mass is 35.5. The van der Waals surface area contributed by atoms with Gasteiger partial charge in [0.1, 0.15) is 0 Å².